The Bertz CT molecular complexity index is 1150. The second-order valence-corrected chi connectivity index (χ2v) is 10.8. The van der Waals surface area contributed by atoms with Crippen molar-refractivity contribution in [1.29, 1.82) is 0 Å². The van der Waals surface area contributed by atoms with Crippen LogP contribution in [0.4, 0.5) is 4.79 Å². The van der Waals surface area contributed by atoms with E-state index >= 15 is 0 Å². The van der Waals surface area contributed by atoms with E-state index in [0.717, 1.165) is 6.26 Å². The number of nitrogens with one attached hydrogen (secondary N) is 1. The third-order valence-electron chi connectivity index (χ3n) is 5.99. The molecule has 3 rings (SSSR count). The number of rotatable bonds is 5. The fraction of sp³-hybridized carbons (Fsp3) is 0.524. The number of aliphatic hydroxyl groups is 1. The predicted octanol–water partition coefficient (Wildman–Crippen LogP) is -0.752. The van der Waals surface area contributed by atoms with Crippen molar-refractivity contribution in [1.82, 2.24) is 19.8 Å². The minimum absolute atomic E-state index is 0.0160. The minimum Gasteiger partial charge on any atom is -0.390 e. The Morgan fingerprint density at radius 3 is 2.62 bits per heavy atom. The van der Waals surface area contributed by atoms with E-state index in [4.69, 9.17) is 5.21 Å². The molecule has 0 bridgehead atoms. The number of sulfone groups is 1. The number of amides is 2. The van der Waals surface area contributed by atoms with Gasteiger partial charge in [-0.1, -0.05) is 11.8 Å². The van der Waals surface area contributed by atoms with Crippen molar-refractivity contribution in [3.63, 3.8) is 0 Å². The van der Waals surface area contributed by atoms with Crippen LogP contribution in [-0.4, -0.2) is 88.8 Å². The Morgan fingerprint density at radius 2 is 2.06 bits per heavy atom. The summed E-state index contributed by atoms with van der Waals surface area (Å²) in [4.78, 5) is 28.0. The molecule has 0 spiro atoms. The molecule has 1 aromatic heterocycles. The molecule has 1 saturated heterocycles. The lowest BCUT2D eigenvalue weighted by Crippen LogP contribution is -2.50. The van der Waals surface area contributed by atoms with Gasteiger partial charge in [-0.05, 0) is 38.3 Å². The van der Waals surface area contributed by atoms with E-state index in [0.29, 0.717) is 24.3 Å². The van der Waals surface area contributed by atoms with Gasteiger partial charge in [-0.3, -0.25) is 14.6 Å². The van der Waals surface area contributed by atoms with Crippen molar-refractivity contribution in [3.05, 3.63) is 23.5 Å². The van der Waals surface area contributed by atoms with Gasteiger partial charge in [0.25, 0.3) is 5.91 Å². The molecule has 1 unspecified atom stereocenters. The molecule has 10 nitrogen and oxygen atoms in total. The van der Waals surface area contributed by atoms with Crippen LogP contribution >= 0.6 is 0 Å². The number of aliphatic hydroxyl groups excluding tert-OH is 1. The van der Waals surface area contributed by atoms with Crippen molar-refractivity contribution in [2.75, 3.05) is 32.9 Å². The number of aromatic nitrogens is 1. The number of carbonyl (C=O) groups is 2. The maximum atomic E-state index is 12.7. The third kappa shape index (κ3) is 4.66. The number of fused-ring (bicyclic) bond motifs is 1. The van der Waals surface area contributed by atoms with Gasteiger partial charge in [0.2, 0.25) is 0 Å². The zero-order chi connectivity index (χ0) is 23.7. The van der Waals surface area contributed by atoms with E-state index in [9.17, 15) is 23.1 Å². The van der Waals surface area contributed by atoms with Gasteiger partial charge < -0.3 is 14.9 Å². The van der Waals surface area contributed by atoms with Crippen molar-refractivity contribution < 1.29 is 28.3 Å². The van der Waals surface area contributed by atoms with E-state index in [2.05, 4.69) is 23.7 Å². The number of hydroxylamine groups is 1. The molecule has 2 aliphatic heterocycles. The third-order valence-corrected chi connectivity index (χ3v) is 8.01. The quantitative estimate of drug-likeness (QED) is 0.298. The van der Waals surface area contributed by atoms with Crippen molar-refractivity contribution in [3.8, 4) is 23.7 Å². The van der Waals surface area contributed by atoms with Crippen LogP contribution in [-0.2, 0) is 21.2 Å². The van der Waals surface area contributed by atoms with Crippen LogP contribution in [0.1, 0.15) is 24.6 Å². The van der Waals surface area contributed by atoms with Gasteiger partial charge in [0, 0.05) is 43.3 Å². The normalized spacial score (nSPS) is 22.4. The van der Waals surface area contributed by atoms with Crippen molar-refractivity contribution in [2.45, 2.75) is 30.7 Å². The summed E-state index contributed by atoms with van der Waals surface area (Å²) >= 11 is 0. The summed E-state index contributed by atoms with van der Waals surface area (Å²) in [5.74, 6) is 10.2. The van der Waals surface area contributed by atoms with E-state index in [1.807, 2.05) is 11.9 Å². The number of likely N-dealkylation sites (N-methyl/N-ethyl adjacent to an activating group) is 1. The molecule has 1 fully saturated rings. The predicted molar refractivity (Wildman–Crippen MR) is 115 cm³/mol. The van der Waals surface area contributed by atoms with Crippen LogP contribution in [0.25, 0.3) is 0 Å². The number of carbonyl (C=O) groups excluding carboxylic acids is 2. The lowest BCUT2D eigenvalue weighted by atomic mass is 10.1. The summed E-state index contributed by atoms with van der Waals surface area (Å²) in [5.41, 5.74) is 2.70. The van der Waals surface area contributed by atoms with Crippen LogP contribution in [0.5, 0.6) is 0 Å². The Morgan fingerprint density at radius 1 is 1.34 bits per heavy atom. The van der Waals surface area contributed by atoms with Gasteiger partial charge in [-0.15, -0.1) is 0 Å². The highest BCUT2D eigenvalue weighted by molar-refractivity contribution is 7.92. The van der Waals surface area contributed by atoms with Crippen LogP contribution < -0.4 is 5.48 Å². The van der Waals surface area contributed by atoms with Crippen LogP contribution in [0.15, 0.2) is 12.3 Å². The lowest BCUT2D eigenvalue weighted by Gasteiger charge is -2.27. The SMILES string of the molecule is CN1C[C@H](O)[C@@H](C#CC#Cc2cc3n(c2)C(=O)N(CCC(C)(C(=O)NO)S(C)(=O)=O)C3)C1. The first-order chi connectivity index (χ1) is 15.0. The topological polar surface area (TPSA) is 132 Å². The van der Waals surface area contributed by atoms with Gasteiger partial charge in [0.1, 0.15) is 0 Å². The summed E-state index contributed by atoms with van der Waals surface area (Å²) in [6, 6.07) is 1.40. The zero-order valence-corrected chi connectivity index (χ0v) is 18.9. The van der Waals surface area contributed by atoms with Crippen LogP contribution in [0.2, 0.25) is 0 Å². The summed E-state index contributed by atoms with van der Waals surface area (Å²) in [6.07, 6.45) is 1.85. The molecule has 3 N–H and O–H groups in total. The first kappa shape index (κ1) is 23.8. The molecule has 2 aliphatic rings. The first-order valence-corrected chi connectivity index (χ1v) is 11.9. The zero-order valence-electron chi connectivity index (χ0n) is 18.1. The summed E-state index contributed by atoms with van der Waals surface area (Å²) in [6.45, 7) is 2.76. The van der Waals surface area contributed by atoms with E-state index in [1.54, 1.807) is 12.3 Å². The molecule has 11 heteroatoms. The van der Waals surface area contributed by atoms with Crippen LogP contribution in [0.3, 0.4) is 0 Å². The molecule has 0 saturated carbocycles. The van der Waals surface area contributed by atoms with Gasteiger partial charge in [0.05, 0.1) is 18.6 Å². The maximum Gasteiger partial charge on any atom is 0.328 e. The molecule has 3 heterocycles. The van der Waals surface area contributed by atoms with Crippen molar-refractivity contribution >= 4 is 21.8 Å². The second-order valence-electron chi connectivity index (χ2n) is 8.40. The van der Waals surface area contributed by atoms with Gasteiger partial charge in [0.15, 0.2) is 14.6 Å². The van der Waals surface area contributed by atoms with E-state index in [1.165, 1.54) is 21.9 Å². The van der Waals surface area contributed by atoms with Gasteiger partial charge >= 0.3 is 6.03 Å². The summed E-state index contributed by atoms with van der Waals surface area (Å²) in [5, 5.41) is 18.8. The number of hydrogen-bond donors (Lipinski definition) is 3. The highest BCUT2D eigenvalue weighted by Crippen LogP contribution is 2.25. The number of likely N-dealkylation sites (tertiary alicyclic amines) is 1. The molecule has 0 radical (unpaired) electrons. The standard InChI is InChI=1S/C21H26N4O6S/c1-21(19(27)22-29,32(3,30)31)8-9-24-13-17-10-15(11-25(17)20(24)28)6-4-5-7-16-12-23(2)14-18(16)26/h10-11,16,18,26,29H,8-9,12-14H2,1-3H3,(H,22,27)/t16-,18-,21?/m0/s1. The van der Waals surface area contributed by atoms with E-state index in [-0.39, 0.29) is 31.5 Å². The maximum absolute atomic E-state index is 12.7. The fourth-order valence-corrected chi connectivity index (χ4v) is 4.60. The van der Waals surface area contributed by atoms with Gasteiger partial charge in [-0.25, -0.2) is 18.7 Å². The summed E-state index contributed by atoms with van der Waals surface area (Å²) in [7, 11) is -1.92. The average Bonchev–Trinajstić information content (AvgIpc) is 3.35. The Balaban J connectivity index is 1.64. The molecular weight excluding hydrogens is 436 g/mol. The minimum atomic E-state index is -3.84. The molecule has 1 aromatic rings. The Labute approximate surface area is 187 Å². The van der Waals surface area contributed by atoms with E-state index < -0.39 is 26.6 Å². The van der Waals surface area contributed by atoms with Crippen LogP contribution in [0, 0.1) is 29.6 Å². The Kier molecular flexibility index (Phi) is 6.67. The Hall–Kier alpha value is -2.83. The first-order valence-electron chi connectivity index (χ1n) is 9.99. The van der Waals surface area contributed by atoms with Gasteiger partial charge in [-0.2, -0.15) is 0 Å². The molecule has 3 atom stereocenters. The smallest absolute Gasteiger partial charge is 0.328 e. The highest BCUT2D eigenvalue weighted by Gasteiger charge is 2.44. The number of β-amino-alcohol motifs (C(OH)–C–C–N with tert-alkyl or cyclic N) is 1. The largest absolute Gasteiger partial charge is 0.390 e. The number of hydrogen-bond acceptors (Lipinski definition) is 7. The fourth-order valence-electron chi connectivity index (χ4n) is 3.75. The lowest BCUT2D eigenvalue weighted by molar-refractivity contribution is -0.131. The second kappa shape index (κ2) is 8.96. The molecule has 0 aromatic carbocycles. The monoisotopic (exact) mass is 462 g/mol. The molecular formula is C21H26N4O6S. The average molecular weight is 463 g/mol. The molecule has 0 aliphatic carbocycles. The molecule has 172 valence electrons. The van der Waals surface area contributed by atoms with Crippen molar-refractivity contribution in [2.24, 2.45) is 5.92 Å². The summed E-state index contributed by atoms with van der Waals surface area (Å²) < 4.78 is 23.7. The molecule has 2 amide bonds. The number of nitrogens with zero attached hydrogens (tertiary/aromatic N) is 3. The molecule has 32 heavy (non-hydrogen) atoms. The highest BCUT2D eigenvalue weighted by atomic mass is 32.2.